The molecule has 1 aromatic heterocycles. The molecule has 10 heteroatoms. The van der Waals surface area contributed by atoms with Gasteiger partial charge in [0, 0.05) is 25.6 Å². The molecule has 1 amide bonds. The molecule has 5 aliphatic rings. The van der Waals surface area contributed by atoms with E-state index in [2.05, 4.69) is 17.1 Å². The Hall–Kier alpha value is -1.94. The van der Waals surface area contributed by atoms with Crippen molar-refractivity contribution in [2.45, 2.75) is 88.0 Å². The van der Waals surface area contributed by atoms with Crippen molar-refractivity contribution in [3.05, 3.63) is 17.7 Å². The van der Waals surface area contributed by atoms with Crippen molar-refractivity contribution in [2.75, 3.05) is 23.7 Å². The third-order valence-electron chi connectivity index (χ3n) is 9.96. The molecule has 4 saturated carbocycles. The molecular formula is C28H37F2N3O4S. The van der Waals surface area contributed by atoms with Gasteiger partial charge in [0.05, 0.1) is 11.2 Å². The van der Waals surface area contributed by atoms with Crippen molar-refractivity contribution >= 4 is 29.5 Å². The first-order valence-electron chi connectivity index (χ1n) is 14.1. The summed E-state index contributed by atoms with van der Waals surface area (Å²) in [5.41, 5.74) is 0.0355. The van der Waals surface area contributed by atoms with Crippen LogP contribution in [0.3, 0.4) is 0 Å². The topological polar surface area (TPSA) is 91.8 Å². The number of halogens is 2. The average molecular weight is 550 g/mol. The molecule has 2 bridgehead atoms. The molecule has 7 atom stereocenters. The number of carbonyl (C=O) groups excluding carboxylic acids is 1. The number of hydrogen-bond acceptors (Lipinski definition) is 6. The Balaban J connectivity index is 1.18. The molecule has 0 radical (unpaired) electrons. The Kier molecular flexibility index (Phi) is 6.86. The molecular weight excluding hydrogens is 512 g/mol. The smallest absolute Gasteiger partial charge is 0.345 e. The lowest BCUT2D eigenvalue weighted by Crippen LogP contribution is -2.42. The van der Waals surface area contributed by atoms with Crippen molar-refractivity contribution in [1.29, 1.82) is 0 Å². The van der Waals surface area contributed by atoms with Crippen molar-refractivity contribution in [2.24, 2.45) is 29.1 Å². The van der Waals surface area contributed by atoms with Crippen molar-refractivity contribution < 1.29 is 28.2 Å². The van der Waals surface area contributed by atoms with Gasteiger partial charge in [-0.15, -0.1) is 11.8 Å². The summed E-state index contributed by atoms with van der Waals surface area (Å²) >= 11 is 1.57. The number of piperidine rings is 1. The van der Waals surface area contributed by atoms with Crippen molar-refractivity contribution in [3.8, 4) is 0 Å². The number of aromatic nitrogens is 1. The molecule has 1 aliphatic heterocycles. The van der Waals surface area contributed by atoms with E-state index in [0.717, 1.165) is 56.6 Å². The number of aliphatic carboxylic acids is 1. The van der Waals surface area contributed by atoms with E-state index >= 15 is 0 Å². The molecule has 1 spiro atoms. The number of nitrogens with zero attached hydrogens (tertiary/aromatic N) is 2. The number of carbonyl (C=O) groups is 2. The quantitative estimate of drug-likeness (QED) is 0.388. The highest BCUT2D eigenvalue weighted by Crippen LogP contribution is 2.78. The molecule has 0 aromatic carbocycles. The number of amides is 1. The summed E-state index contributed by atoms with van der Waals surface area (Å²) in [6.45, 7) is 0.812. The number of fused-ring (bicyclic) bond motifs is 1. The van der Waals surface area contributed by atoms with E-state index in [1.165, 1.54) is 0 Å². The number of rotatable bonds is 10. The van der Waals surface area contributed by atoms with Crippen LogP contribution in [0.4, 0.5) is 14.6 Å². The van der Waals surface area contributed by atoms with Gasteiger partial charge in [0.15, 0.2) is 0 Å². The molecule has 208 valence electrons. The molecule has 6 rings (SSSR count). The minimum atomic E-state index is -2.75. The molecule has 1 aromatic rings. The van der Waals surface area contributed by atoms with Crippen LogP contribution in [0.5, 0.6) is 0 Å². The Morgan fingerprint density at radius 2 is 2.11 bits per heavy atom. The fraction of sp³-hybridized carbons (Fsp3) is 0.750. The van der Waals surface area contributed by atoms with Gasteiger partial charge in [-0.25, -0.2) is 4.98 Å². The largest absolute Gasteiger partial charge is 0.481 e. The number of pyridine rings is 1. The lowest BCUT2D eigenvalue weighted by molar-refractivity contribution is -0.217. The van der Waals surface area contributed by atoms with Crippen LogP contribution in [0.2, 0.25) is 0 Å². The zero-order valence-electron chi connectivity index (χ0n) is 21.8. The minimum Gasteiger partial charge on any atom is -0.481 e. The van der Waals surface area contributed by atoms with E-state index in [4.69, 9.17) is 9.72 Å². The van der Waals surface area contributed by atoms with Crippen LogP contribution in [0.1, 0.15) is 75.1 Å². The fourth-order valence-corrected chi connectivity index (χ4v) is 9.35. The maximum absolute atomic E-state index is 13.6. The van der Waals surface area contributed by atoms with Crippen LogP contribution < -0.4 is 10.2 Å². The number of nitrogens with one attached hydrogen (secondary N) is 1. The summed E-state index contributed by atoms with van der Waals surface area (Å²) in [7, 11) is 0. The molecule has 2 N–H and O–H groups in total. The third-order valence-corrected chi connectivity index (χ3v) is 11.2. The Morgan fingerprint density at radius 3 is 2.87 bits per heavy atom. The van der Waals surface area contributed by atoms with Crippen LogP contribution in [-0.2, 0) is 9.53 Å². The van der Waals surface area contributed by atoms with E-state index in [0.29, 0.717) is 41.8 Å². The van der Waals surface area contributed by atoms with Crippen molar-refractivity contribution in [1.82, 2.24) is 10.3 Å². The summed E-state index contributed by atoms with van der Waals surface area (Å²) in [5, 5.41) is 13.2. The SMILES string of the molecule is CCCSc1nc(N2CCC[C@@H](CC(=O)O)C2)ccc1C(=O)N[C@H]1CC23CC2C[C@@]2(OC(F)F)CC1C3C2. The van der Waals surface area contributed by atoms with E-state index < -0.39 is 18.2 Å². The van der Waals surface area contributed by atoms with Gasteiger partial charge in [0.1, 0.15) is 10.8 Å². The molecule has 4 aliphatic carbocycles. The highest BCUT2D eigenvalue weighted by atomic mass is 32.2. The third kappa shape index (κ3) is 4.69. The number of carboxylic acid groups (broad SMARTS) is 1. The van der Waals surface area contributed by atoms with Gasteiger partial charge in [-0.2, -0.15) is 8.78 Å². The van der Waals surface area contributed by atoms with Gasteiger partial charge < -0.3 is 20.1 Å². The van der Waals surface area contributed by atoms with Crippen LogP contribution in [0, 0.1) is 29.1 Å². The van der Waals surface area contributed by atoms with Gasteiger partial charge in [0.25, 0.3) is 5.91 Å². The number of carboxylic acids is 1. The molecule has 7 nitrogen and oxygen atoms in total. The second-order valence-electron chi connectivity index (χ2n) is 12.3. The molecule has 1 saturated heterocycles. The summed E-state index contributed by atoms with van der Waals surface area (Å²) in [5.74, 6) is 1.79. The first kappa shape index (κ1) is 26.3. The first-order valence-corrected chi connectivity index (χ1v) is 15.1. The highest BCUT2D eigenvalue weighted by Gasteiger charge is 2.75. The predicted octanol–water partition coefficient (Wildman–Crippen LogP) is 5.19. The lowest BCUT2D eigenvalue weighted by atomic mass is 9.78. The monoisotopic (exact) mass is 549 g/mol. The Bertz CT molecular complexity index is 1110. The van der Waals surface area contributed by atoms with Crippen molar-refractivity contribution in [3.63, 3.8) is 0 Å². The zero-order valence-corrected chi connectivity index (χ0v) is 22.7. The van der Waals surface area contributed by atoms with Gasteiger partial charge >= 0.3 is 12.6 Å². The Morgan fingerprint density at radius 1 is 1.26 bits per heavy atom. The van der Waals surface area contributed by atoms with Crippen LogP contribution in [-0.4, -0.2) is 59.1 Å². The Labute approximate surface area is 226 Å². The van der Waals surface area contributed by atoms with Gasteiger partial charge in [-0.1, -0.05) is 6.92 Å². The van der Waals surface area contributed by atoms with Crippen LogP contribution >= 0.6 is 11.8 Å². The van der Waals surface area contributed by atoms with E-state index in [1.807, 2.05) is 12.1 Å². The normalized spacial score (nSPS) is 36.8. The number of ether oxygens (including phenoxy) is 1. The second-order valence-corrected chi connectivity index (χ2v) is 13.4. The zero-order chi connectivity index (χ0) is 26.7. The predicted molar refractivity (Wildman–Crippen MR) is 140 cm³/mol. The average Bonchev–Trinajstić information content (AvgIpc) is 3.34. The number of thioether (sulfide) groups is 1. The summed E-state index contributed by atoms with van der Waals surface area (Å²) < 4.78 is 31.7. The fourth-order valence-electron chi connectivity index (χ4n) is 8.48. The maximum Gasteiger partial charge on any atom is 0.345 e. The van der Waals surface area contributed by atoms with E-state index in [1.54, 1.807) is 11.8 Å². The maximum atomic E-state index is 13.6. The van der Waals surface area contributed by atoms with Crippen LogP contribution in [0.25, 0.3) is 0 Å². The van der Waals surface area contributed by atoms with Gasteiger partial charge in [0.2, 0.25) is 0 Å². The summed E-state index contributed by atoms with van der Waals surface area (Å²) in [4.78, 5) is 31.9. The lowest BCUT2D eigenvalue weighted by Gasteiger charge is -2.36. The van der Waals surface area contributed by atoms with Gasteiger partial charge in [-0.3, -0.25) is 9.59 Å². The summed E-state index contributed by atoms with van der Waals surface area (Å²) in [6, 6.07) is 3.71. The molecule has 5 fully saturated rings. The molecule has 38 heavy (non-hydrogen) atoms. The molecule has 2 heterocycles. The van der Waals surface area contributed by atoms with Gasteiger partial charge in [-0.05, 0) is 98.3 Å². The number of hydrogen-bond donors (Lipinski definition) is 2. The number of anilines is 1. The van der Waals surface area contributed by atoms with E-state index in [9.17, 15) is 23.5 Å². The minimum absolute atomic E-state index is 0.0245. The highest BCUT2D eigenvalue weighted by molar-refractivity contribution is 7.99. The molecule has 4 unspecified atom stereocenters. The number of alkyl halides is 2. The summed E-state index contributed by atoms with van der Waals surface area (Å²) in [6.07, 6.45) is 6.96. The van der Waals surface area contributed by atoms with E-state index in [-0.39, 0.29) is 35.6 Å². The van der Waals surface area contributed by atoms with Crippen LogP contribution in [0.15, 0.2) is 17.2 Å². The first-order chi connectivity index (χ1) is 18.2. The second kappa shape index (κ2) is 9.91. The standard InChI is InChI=1S/C28H37F2N3O4S/c1-2-8-38-25-18(5-6-22(32-25)33-7-3-4-16(15-33)9-23(34)35)24(36)31-21-14-28-11-17(28)10-27(37-26(29)30)12-19(21)20(28)13-27/h5-6,16-17,19-21,26H,2-4,7-15H2,1H3,(H,31,36)(H,34,35)/t16-,17?,19?,20?,21-,27+,28?/m0/s1.